The number of carbonyl (C=O) groups excluding carboxylic acids is 2. The van der Waals surface area contributed by atoms with Crippen molar-refractivity contribution in [2.24, 2.45) is 11.7 Å². The van der Waals surface area contributed by atoms with Crippen molar-refractivity contribution >= 4 is 39.9 Å². The highest BCUT2D eigenvalue weighted by Gasteiger charge is 2.51. The van der Waals surface area contributed by atoms with Crippen LogP contribution in [0.4, 0.5) is 29.3 Å². The predicted molar refractivity (Wildman–Crippen MR) is 141 cm³/mol. The van der Waals surface area contributed by atoms with Crippen LogP contribution in [0.3, 0.4) is 0 Å². The van der Waals surface area contributed by atoms with Gasteiger partial charge in [-0.05, 0) is 35.8 Å². The van der Waals surface area contributed by atoms with E-state index in [0.29, 0.717) is 18.7 Å². The van der Waals surface area contributed by atoms with Gasteiger partial charge in [0.1, 0.15) is 0 Å². The van der Waals surface area contributed by atoms with Crippen LogP contribution in [0, 0.1) is 5.92 Å². The van der Waals surface area contributed by atoms with Crippen LogP contribution in [-0.4, -0.2) is 54.4 Å². The van der Waals surface area contributed by atoms with Gasteiger partial charge in [0.05, 0.1) is 42.2 Å². The van der Waals surface area contributed by atoms with Gasteiger partial charge in [-0.15, -0.1) is 0 Å². The summed E-state index contributed by atoms with van der Waals surface area (Å²) in [7, 11) is 0. The van der Waals surface area contributed by atoms with E-state index in [4.69, 9.17) is 20.9 Å². The second kappa shape index (κ2) is 10.7. The molecule has 2 aromatic heterocycles. The first kappa shape index (κ1) is 27.3. The minimum Gasteiger partial charge on any atom is -0.437 e. The summed E-state index contributed by atoms with van der Waals surface area (Å²) >= 11 is 0. The van der Waals surface area contributed by atoms with Crippen LogP contribution < -0.4 is 22.1 Å². The van der Waals surface area contributed by atoms with E-state index in [2.05, 4.69) is 20.6 Å². The number of amides is 2. The molecule has 1 aromatic carbocycles. The number of benzene rings is 1. The van der Waals surface area contributed by atoms with Crippen molar-refractivity contribution in [1.29, 1.82) is 0 Å². The number of carbonyl (C=O) groups is 2. The summed E-state index contributed by atoms with van der Waals surface area (Å²) in [5.41, 5.74) is 12.4. The number of pyridine rings is 2. The van der Waals surface area contributed by atoms with Gasteiger partial charge >= 0.3 is 12.3 Å². The van der Waals surface area contributed by atoms with Crippen molar-refractivity contribution in [1.82, 2.24) is 15.3 Å². The Kier molecular flexibility index (Phi) is 7.34. The van der Waals surface area contributed by atoms with Gasteiger partial charge < -0.3 is 31.6 Å². The van der Waals surface area contributed by atoms with E-state index in [1.807, 2.05) is 24.3 Å². The van der Waals surface area contributed by atoms with Crippen molar-refractivity contribution in [2.75, 3.05) is 37.4 Å². The minimum atomic E-state index is -4.56. The molecular formula is C27H27F3N6O4. The minimum absolute atomic E-state index is 0.0285. The molecule has 2 aliphatic heterocycles. The highest BCUT2D eigenvalue weighted by molar-refractivity contribution is 6.08. The maximum atomic E-state index is 13.7. The molecule has 2 aliphatic rings. The highest BCUT2D eigenvalue weighted by atomic mass is 19.4. The summed E-state index contributed by atoms with van der Waals surface area (Å²) in [6.45, 7) is 0.614. The molecule has 4 heterocycles. The number of fused-ring (bicyclic) bond motifs is 1. The third-order valence-electron chi connectivity index (χ3n) is 7.09. The first-order chi connectivity index (χ1) is 19.1. The van der Waals surface area contributed by atoms with Gasteiger partial charge in [-0.3, -0.25) is 9.78 Å². The standard InChI is InChI=1S/C27H27F3N6O4/c28-27(29,30)18-11-26(14-34-12-18,40-25(32)38)19-3-6-33-13-22(19)36-24(37)23-20(31)9-17-2-1-16(10-21(17)35-23)15-4-7-39-8-5-15/h1-4,6,9-10,13,18,34H,5,7-8,11-12,14,31H2,(H2,32,38)(H,36,37)/t18-,26-/m1/s1. The second-order valence-electron chi connectivity index (χ2n) is 9.75. The summed E-state index contributed by atoms with van der Waals surface area (Å²) < 4.78 is 51.7. The SMILES string of the molecule is NC(=O)O[C@@]1(c2ccncc2NC(=O)c2nc3cc(C4=CCOCC4)ccc3cc2N)CNC[C@H](C(F)(F)F)C1. The number of anilines is 2. The molecule has 2 atom stereocenters. The number of nitrogen functional groups attached to an aromatic ring is 1. The molecule has 0 aliphatic carbocycles. The van der Waals surface area contributed by atoms with Crippen LogP contribution in [0.5, 0.6) is 0 Å². The van der Waals surface area contributed by atoms with E-state index in [1.165, 1.54) is 18.5 Å². The quantitative estimate of drug-likeness (QED) is 0.371. The number of hydrogen-bond donors (Lipinski definition) is 4. The third kappa shape index (κ3) is 5.56. The number of halogens is 3. The van der Waals surface area contributed by atoms with Gasteiger partial charge in [0.2, 0.25) is 0 Å². The number of alkyl halides is 3. The Morgan fingerprint density at radius 1 is 1.23 bits per heavy atom. The van der Waals surface area contributed by atoms with Crippen molar-refractivity contribution in [3.8, 4) is 0 Å². The van der Waals surface area contributed by atoms with E-state index in [0.717, 1.165) is 22.9 Å². The molecule has 40 heavy (non-hydrogen) atoms. The topological polar surface area (TPSA) is 154 Å². The number of hydrogen-bond acceptors (Lipinski definition) is 8. The van der Waals surface area contributed by atoms with Crippen LogP contribution in [0.25, 0.3) is 16.5 Å². The fraction of sp³-hybridized carbons (Fsp3) is 0.333. The fourth-order valence-electron chi connectivity index (χ4n) is 5.18. The Morgan fingerprint density at radius 2 is 2.05 bits per heavy atom. The summed E-state index contributed by atoms with van der Waals surface area (Å²) in [5, 5.41) is 6.05. The molecule has 0 radical (unpaired) electrons. The molecule has 0 unspecified atom stereocenters. The number of nitrogens with zero attached hydrogens (tertiary/aromatic N) is 2. The lowest BCUT2D eigenvalue weighted by Gasteiger charge is -2.41. The molecule has 13 heteroatoms. The Bertz CT molecular complexity index is 1490. The summed E-state index contributed by atoms with van der Waals surface area (Å²) in [5.74, 6) is -2.54. The van der Waals surface area contributed by atoms with Crippen molar-refractivity contribution < 1.29 is 32.2 Å². The molecule has 10 nitrogen and oxygen atoms in total. The molecule has 0 bridgehead atoms. The van der Waals surface area contributed by atoms with Gasteiger partial charge in [-0.25, -0.2) is 9.78 Å². The van der Waals surface area contributed by atoms with Crippen molar-refractivity contribution in [3.63, 3.8) is 0 Å². The van der Waals surface area contributed by atoms with E-state index in [1.54, 1.807) is 6.07 Å². The van der Waals surface area contributed by atoms with Crippen LogP contribution in [0.1, 0.15) is 34.5 Å². The zero-order valence-electron chi connectivity index (χ0n) is 21.3. The zero-order chi connectivity index (χ0) is 28.5. The van der Waals surface area contributed by atoms with Crippen LogP contribution >= 0.6 is 0 Å². The van der Waals surface area contributed by atoms with E-state index >= 15 is 0 Å². The lowest BCUT2D eigenvalue weighted by atomic mass is 9.80. The summed E-state index contributed by atoms with van der Waals surface area (Å²) in [6.07, 6.45) is -1.09. The van der Waals surface area contributed by atoms with Crippen molar-refractivity contribution in [2.45, 2.75) is 24.6 Å². The third-order valence-corrected chi connectivity index (χ3v) is 7.09. The van der Waals surface area contributed by atoms with Crippen molar-refractivity contribution in [3.05, 3.63) is 65.6 Å². The highest BCUT2D eigenvalue weighted by Crippen LogP contribution is 2.43. The molecule has 1 saturated heterocycles. The molecule has 0 spiro atoms. The number of rotatable bonds is 5. The molecular weight excluding hydrogens is 529 g/mol. The van der Waals surface area contributed by atoms with Crippen LogP contribution in [-0.2, 0) is 15.1 Å². The van der Waals surface area contributed by atoms with Gasteiger partial charge in [0.25, 0.3) is 5.91 Å². The predicted octanol–water partition coefficient (Wildman–Crippen LogP) is 3.73. The molecule has 210 valence electrons. The number of primary amides is 1. The molecule has 6 N–H and O–H groups in total. The average Bonchev–Trinajstić information content (AvgIpc) is 2.92. The molecule has 1 fully saturated rings. The smallest absolute Gasteiger partial charge is 0.405 e. The van der Waals surface area contributed by atoms with Gasteiger partial charge in [-0.1, -0.05) is 18.2 Å². The molecule has 2 amide bonds. The number of piperidine rings is 1. The summed E-state index contributed by atoms with van der Waals surface area (Å²) in [4.78, 5) is 33.7. The number of aromatic nitrogens is 2. The number of ether oxygens (including phenoxy) is 2. The average molecular weight is 557 g/mol. The normalized spacial score (nSPS) is 21.5. The fourth-order valence-corrected chi connectivity index (χ4v) is 5.18. The van der Waals surface area contributed by atoms with E-state index in [9.17, 15) is 22.8 Å². The number of nitrogens with one attached hydrogen (secondary N) is 2. The van der Waals surface area contributed by atoms with Gasteiger partial charge in [0.15, 0.2) is 11.3 Å². The maximum absolute atomic E-state index is 13.7. The lowest BCUT2D eigenvalue weighted by molar-refractivity contribution is -0.196. The first-order valence-electron chi connectivity index (χ1n) is 12.5. The molecule has 5 rings (SSSR count). The largest absolute Gasteiger partial charge is 0.437 e. The number of nitrogens with two attached hydrogens (primary N) is 2. The van der Waals surface area contributed by atoms with Gasteiger partial charge in [-0.2, -0.15) is 13.2 Å². The monoisotopic (exact) mass is 556 g/mol. The zero-order valence-corrected chi connectivity index (χ0v) is 21.3. The van der Waals surface area contributed by atoms with Crippen LogP contribution in [0.15, 0.2) is 48.8 Å². The maximum Gasteiger partial charge on any atom is 0.405 e. The Labute approximate surface area is 226 Å². The molecule has 0 saturated carbocycles. The van der Waals surface area contributed by atoms with E-state index in [-0.39, 0.29) is 35.7 Å². The Balaban J connectivity index is 1.49. The Morgan fingerprint density at radius 3 is 2.77 bits per heavy atom. The molecule has 3 aromatic rings. The Hall–Kier alpha value is -4.23. The lowest BCUT2D eigenvalue weighted by Crippen LogP contribution is -2.54. The van der Waals surface area contributed by atoms with E-state index < -0.39 is 36.1 Å². The van der Waals surface area contributed by atoms with Gasteiger partial charge in [0, 0.05) is 36.7 Å². The van der Waals surface area contributed by atoms with Crippen LogP contribution in [0.2, 0.25) is 0 Å². The summed E-state index contributed by atoms with van der Waals surface area (Å²) in [6, 6.07) is 8.68. The second-order valence-corrected chi connectivity index (χ2v) is 9.75. The first-order valence-corrected chi connectivity index (χ1v) is 12.5.